The highest BCUT2D eigenvalue weighted by Crippen LogP contribution is 2.33. The van der Waals surface area contributed by atoms with Crippen LogP contribution in [0.3, 0.4) is 0 Å². The van der Waals surface area contributed by atoms with E-state index in [4.69, 9.17) is 14.2 Å². The smallest absolute Gasteiger partial charge is 0.351 e. The molecule has 1 amide bonds. The Morgan fingerprint density at radius 1 is 1.07 bits per heavy atom. The summed E-state index contributed by atoms with van der Waals surface area (Å²) in [5.74, 6) is 0.152. The average molecular weight is 381 g/mol. The molecule has 6 heteroatoms. The van der Waals surface area contributed by atoms with Crippen molar-refractivity contribution in [2.45, 2.75) is 44.4 Å². The van der Waals surface area contributed by atoms with Crippen molar-refractivity contribution in [1.29, 1.82) is 0 Å². The number of nitrogens with one attached hydrogen (secondary N) is 1. The molecule has 0 saturated heterocycles. The number of fused-ring (bicyclic) bond motifs is 2. The number of amides is 1. The Hall–Kier alpha value is -3.02. The second-order valence-electron chi connectivity index (χ2n) is 7.13. The SMILES string of the molecule is CC1Oc2ccccc2OC1C(=O)OCC(=O)NC1CCCc2ccccc21. The number of esters is 1. The Balaban J connectivity index is 1.32. The lowest BCUT2D eigenvalue weighted by Gasteiger charge is -2.30. The van der Waals surface area contributed by atoms with Gasteiger partial charge in [0.1, 0.15) is 6.10 Å². The van der Waals surface area contributed by atoms with E-state index in [0.29, 0.717) is 11.5 Å². The fraction of sp³-hybridized carbons (Fsp3) is 0.364. The van der Waals surface area contributed by atoms with Gasteiger partial charge in [0.2, 0.25) is 6.10 Å². The van der Waals surface area contributed by atoms with Gasteiger partial charge in [0.15, 0.2) is 18.1 Å². The van der Waals surface area contributed by atoms with E-state index in [0.717, 1.165) is 24.8 Å². The summed E-state index contributed by atoms with van der Waals surface area (Å²) in [6.07, 6.45) is 1.51. The van der Waals surface area contributed by atoms with E-state index in [2.05, 4.69) is 11.4 Å². The van der Waals surface area contributed by atoms with Gasteiger partial charge in [0.25, 0.3) is 5.91 Å². The molecule has 6 nitrogen and oxygen atoms in total. The molecule has 2 aliphatic rings. The summed E-state index contributed by atoms with van der Waals surface area (Å²) in [4.78, 5) is 24.7. The minimum absolute atomic E-state index is 0.0452. The number of carbonyl (C=O) groups is 2. The van der Waals surface area contributed by atoms with Crippen LogP contribution in [-0.4, -0.2) is 30.7 Å². The molecule has 3 unspecified atom stereocenters. The molecule has 3 atom stereocenters. The summed E-state index contributed by atoms with van der Waals surface area (Å²) >= 11 is 0. The molecule has 0 radical (unpaired) electrons. The zero-order chi connectivity index (χ0) is 19.5. The number of rotatable bonds is 4. The predicted octanol–water partition coefficient (Wildman–Crippen LogP) is 2.95. The van der Waals surface area contributed by atoms with Gasteiger partial charge < -0.3 is 19.5 Å². The van der Waals surface area contributed by atoms with E-state index in [1.165, 1.54) is 5.56 Å². The molecule has 0 fully saturated rings. The minimum Gasteiger partial charge on any atom is -0.482 e. The summed E-state index contributed by atoms with van der Waals surface area (Å²) in [5.41, 5.74) is 2.40. The number of carbonyl (C=O) groups excluding carboxylic acids is 2. The van der Waals surface area contributed by atoms with Crippen LogP contribution in [0.2, 0.25) is 0 Å². The van der Waals surface area contributed by atoms with Crippen molar-refractivity contribution >= 4 is 11.9 Å². The van der Waals surface area contributed by atoms with E-state index < -0.39 is 18.2 Å². The highest BCUT2D eigenvalue weighted by Gasteiger charge is 2.35. The van der Waals surface area contributed by atoms with Crippen LogP contribution < -0.4 is 14.8 Å². The number of hydrogen-bond acceptors (Lipinski definition) is 5. The minimum atomic E-state index is -0.905. The summed E-state index contributed by atoms with van der Waals surface area (Å²) in [6, 6.07) is 15.2. The Kier molecular flexibility index (Phi) is 5.19. The van der Waals surface area contributed by atoms with Gasteiger partial charge >= 0.3 is 5.97 Å². The molecule has 0 bridgehead atoms. The maximum atomic E-state index is 12.4. The average Bonchev–Trinajstić information content (AvgIpc) is 2.72. The number of ether oxygens (including phenoxy) is 3. The lowest BCUT2D eigenvalue weighted by Crippen LogP contribution is -2.45. The first-order chi connectivity index (χ1) is 13.6. The van der Waals surface area contributed by atoms with Gasteiger partial charge in [-0.1, -0.05) is 36.4 Å². The molecule has 1 aliphatic heterocycles. The quantitative estimate of drug-likeness (QED) is 0.825. The van der Waals surface area contributed by atoms with Crippen molar-refractivity contribution in [2.75, 3.05) is 6.61 Å². The number of aryl methyl sites for hydroxylation is 1. The van der Waals surface area contributed by atoms with Crippen molar-refractivity contribution in [3.8, 4) is 11.5 Å². The van der Waals surface area contributed by atoms with Crippen molar-refractivity contribution < 1.29 is 23.8 Å². The molecule has 1 heterocycles. The lowest BCUT2D eigenvalue weighted by molar-refractivity contribution is -0.160. The van der Waals surface area contributed by atoms with E-state index in [1.54, 1.807) is 25.1 Å². The van der Waals surface area contributed by atoms with Gasteiger partial charge in [-0.15, -0.1) is 0 Å². The first-order valence-corrected chi connectivity index (χ1v) is 9.58. The summed E-state index contributed by atoms with van der Waals surface area (Å²) in [7, 11) is 0. The third-order valence-corrected chi connectivity index (χ3v) is 5.12. The highest BCUT2D eigenvalue weighted by molar-refractivity contribution is 5.83. The molecule has 0 spiro atoms. The molecule has 0 saturated carbocycles. The van der Waals surface area contributed by atoms with Gasteiger partial charge in [-0.05, 0) is 49.4 Å². The molecule has 28 heavy (non-hydrogen) atoms. The van der Waals surface area contributed by atoms with E-state index in [-0.39, 0.29) is 18.6 Å². The summed E-state index contributed by atoms with van der Waals surface area (Å²) < 4.78 is 16.6. The Bertz CT molecular complexity index is 881. The molecule has 4 rings (SSSR count). The second-order valence-corrected chi connectivity index (χ2v) is 7.13. The standard InChI is InChI=1S/C22H23NO5/c1-14-21(28-19-12-5-4-11-18(19)27-14)22(25)26-13-20(24)23-17-10-6-8-15-7-2-3-9-16(15)17/h2-5,7,9,11-12,14,17,21H,6,8,10,13H2,1H3,(H,23,24). The Morgan fingerprint density at radius 2 is 1.79 bits per heavy atom. The third-order valence-electron chi connectivity index (χ3n) is 5.12. The fourth-order valence-electron chi connectivity index (χ4n) is 3.74. The lowest BCUT2D eigenvalue weighted by atomic mass is 9.88. The summed E-state index contributed by atoms with van der Waals surface area (Å²) in [5, 5.41) is 2.97. The zero-order valence-electron chi connectivity index (χ0n) is 15.7. The van der Waals surface area contributed by atoms with E-state index in [9.17, 15) is 9.59 Å². The second kappa shape index (κ2) is 7.92. The maximum absolute atomic E-state index is 12.4. The molecule has 2 aromatic carbocycles. The van der Waals surface area contributed by atoms with Gasteiger partial charge in [0, 0.05) is 0 Å². The topological polar surface area (TPSA) is 73.9 Å². The van der Waals surface area contributed by atoms with Crippen LogP contribution in [0.5, 0.6) is 11.5 Å². The Labute approximate surface area is 163 Å². The van der Waals surface area contributed by atoms with Crippen molar-refractivity contribution in [1.82, 2.24) is 5.32 Å². The van der Waals surface area contributed by atoms with Crippen LogP contribution in [0.15, 0.2) is 48.5 Å². The van der Waals surface area contributed by atoms with Crippen molar-refractivity contribution in [2.24, 2.45) is 0 Å². The van der Waals surface area contributed by atoms with Crippen LogP contribution in [0.25, 0.3) is 0 Å². The molecule has 146 valence electrons. The maximum Gasteiger partial charge on any atom is 0.351 e. The van der Waals surface area contributed by atoms with Crippen molar-refractivity contribution in [3.63, 3.8) is 0 Å². The largest absolute Gasteiger partial charge is 0.482 e. The van der Waals surface area contributed by atoms with Crippen LogP contribution >= 0.6 is 0 Å². The number of para-hydroxylation sites is 2. The number of hydrogen-bond donors (Lipinski definition) is 1. The molecular weight excluding hydrogens is 358 g/mol. The number of benzene rings is 2. The monoisotopic (exact) mass is 381 g/mol. The van der Waals surface area contributed by atoms with Crippen molar-refractivity contribution in [3.05, 3.63) is 59.7 Å². The summed E-state index contributed by atoms with van der Waals surface area (Å²) in [6.45, 7) is 1.40. The van der Waals surface area contributed by atoms with E-state index >= 15 is 0 Å². The fourth-order valence-corrected chi connectivity index (χ4v) is 3.74. The Morgan fingerprint density at radius 3 is 2.61 bits per heavy atom. The first-order valence-electron chi connectivity index (χ1n) is 9.58. The predicted molar refractivity (Wildman–Crippen MR) is 102 cm³/mol. The van der Waals surface area contributed by atoms with Crippen LogP contribution in [-0.2, 0) is 20.7 Å². The van der Waals surface area contributed by atoms with E-state index in [1.807, 2.05) is 24.3 Å². The van der Waals surface area contributed by atoms with Gasteiger partial charge in [-0.3, -0.25) is 4.79 Å². The van der Waals surface area contributed by atoms with Crippen LogP contribution in [0.1, 0.15) is 36.9 Å². The molecule has 0 aromatic heterocycles. The molecular formula is C22H23NO5. The molecule has 1 aliphatic carbocycles. The first kappa shape index (κ1) is 18.3. The van der Waals surface area contributed by atoms with Gasteiger partial charge in [-0.2, -0.15) is 0 Å². The van der Waals surface area contributed by atoms with Crippen LogP contribution in [0, 0.1) is 0 Å². The van der Waals surface area contributed by atoms with Crippen LogP contribution in [0.4, 0.5) is 0 Å². The molecule has 1 N–H and O–H groups in total. The molecule has 2 aromatic rings. The highest BCUT2D eigenvalue weighted by atomic mass is 16.6. The normalized spacial score (nSPS) is 22.7. The van der Waals surface area contributed by atoms with Gasteiger partial charge in [-0.25, -0.2) is 4.79 Å². The third kappa shape index (κ3) is 3.81. The van der Waals surface area contributed by atoms with Gasteiger partial charge in [0.05, 0.1) is 6.04 Å². The zero-order valence-corrected chi connectivity index (χ0v) is 15.7.